The lowest BCUT2D eigenvalue weighted by Gasteiger charge is -2.07. The Morgan fingerprint density at radius 3 is 2.50 bits per heavy atom. The van der Waals surface area contributed by atoms with E-state index >= 15 is 0 Å². The first kappa shape index (κ1) is 15.0. The van der Waals surface area contributed by atoms with E-state index in [1.807, 2.05) is 0 Å². The van der Waals surface area contributed by atoms with Gasteiger partial charge in [0.05, 0.1) is 16.1 Å². The van der Waals surface area contributed by atoms with Gasteiger partial charge in [-0.3, -0.25) is 0 Å². The number of nitrogens with one attached hydrogen (secondary N) is 1. The van der Waals surface area contributed by atoms with E-state index in [-0.39, 0.29) is 11.0 Å². The van der Waals surface area contributed by atoms with E-state index in [0.717, 1.165) is 0 Å². The predicted octanol–water partition coefficient (Wildman–Crippen LogP) is 5.68. The minimum Gasteiger partial charge on any atom is -0.456 e. The molecule has 0 aliphatic carbocycles. The van der Waals surface area contributed by atoms with Gasteiger partial charge in [0.1, 0.15) is 11.5 Å². The minimum atomic E-state index is -4.53. The molecule has 3 nitrogen and oxygen atoms in total. The van der Waals surface area contributed by atoms with Gasteiger partial charge in [-0.05, 0) is 30.3 Å². The van der Waals surface area contributed by atoms with Crippen molar-refractivity contribution in [2.24, 2.45) is 0 Å². The molecular weight excluding hydrogens is 340 g/mol. The van der Waals surface area contributed by atoms with Crippen LogP contribution in [0.3, 0.4) is 0 Å². The number of imidazole rings is 1. The second kappa shape index (κ2) is 5.37. The monoisotopic (exact) mass is 346 g/mol. The number of fused-ring (bicyclic) bond motifs is 1. The summed E-state index contributed by atoms with van der Waals surface area (Å²) in [4.78, 5) is 5.72. The normalized spacial score (nSPS) is 11.9. The van der Waals surface area contributed by atoms with Gasteiger partial charge in [-0.15, -0.1) is 0 Å². The van der Waals surface area contributed by atoms with Gasteiger partial charge in [0.25, 0.3) is 0 Å². The molecule has 1 heterocycles. The van der Waals surface area contributed by atoms with Crippen molar-refractivity contribution < 1.29 is 17.9 Å². The molecule has 0 aliphatic heterocycles. The van der Waals surface area contributed by atoms with Crippen LogP contribution < -0.4 is 4.74 Å². The number of ether oxygens (including phenoxy) is 1. The molecule has 22 heavy (non-hydrogen) atoms. The van der Waals surface area contributed by atoms with E-state index in [9.17, 15) is 13.2 Å². The summed E-state index contributed by atoms with van der Waals surface area (Å²) >= 11 is 11.8. The van der Waals surface area contributed by atoms with Crippen LogP contribution in [-0.2, 0) is 6.18 Å². The third-order valence-corrected chi connectivity index (χ3v) is 3.38. The maximum atomic E-state index is 12.6. The lowest BCUT2D eigenvalue weighted by molar-refractivity contribution is -0.144. The van der Waals surface area contributed by atoms with E-state index in [1.54, 1.807) is 12.1 Å². The summed E-state index contributed by atoms with van der Waals surface area (Å²) < 4.78 is 43.4. The van der Waals surface area contributed by atoms with Crippen LogP contribution in [0.15, 0.2) is 36.4 Å². The molecule has 0 bridgehead atoms. The number of H-pyrrole nitrogens is 1. The summed E-state index contributed by atoms with van der Waals surface area (Å²) in [5.74, 6) is -0.391. The molecule has 1 N–H and O–H groups in total. The first-order valence-electron chi connectivity index (χ1n) is 6.03. The molecule has 0 amide bonds. The molecule has 1 aromatic heterocycles. The van der Waals surface area contributed by atoms with Gasteiger partial charge < -0.3 is 9.72 Å². The maximum absolute atomic E-state index is 12.6. The summed E-state index contributed by atoms with van der Waals surface area (Å²) in [6.07, 6.45) is -4.53. The van der Waals surface area contributed by atoms with Crippen molar-refractivity contribution in [3.63, 3.8) is 0 Å². The fourth-order valence-electron chi connectivity index (χ4n) is 1.87. The Bertz CT molecular complexity index is 846. The number of halogens is 5. The number of rotatable bonds is 2. The van der Waals surface area contributed by atoms with Crippen molar-refractivity contribution in [1.29, 1.82) is 0 Å². The molecule has 0 spiro atoms. The second-order valence-corrected chi connectivity index (χ2v) is 5.28. The predicted molar refractivity (Wildman–Crippen MR) is 77.6 cm³/mol. The number of nitrogens with zero attached hydrogens (tertiary/aromatic N) is 1. The third-order valence-electron chi connectivity index (χ3n) is 2.84. The van der Waals surface area contributed by atoms with Gasteiger partial charge in [0, 0.05) is 11.1 Å². The summed E-state index contributed by atoms with van der Waals surface area (Å²) in [6.45, 7) is 0. The molecule has 114 valence electrons. The van der Waals surface area contributed by atoms with Crippen molar-refractivity contribution >= 4 is 34.2 Å². The van der Waals surface area contributed by atoms with E-state index in [2.05, 4.69) is 9.97 Å². The highest BCUT2D eigenvalue weighted by Gasteiger charge is 2.34. The van der Waals surface area contributed by atoms with E-state index in [4.69, 9.17) is 27.9 Å². The van der Waals surface area contributed by atoms with Gasteiger partial charge in [-0.25, -0.2) is 4.98 Å². The lowest BCUT2D eigenvalue weighted by Crippen LogP contribution is -2.06. The van der Waals surface area contributed by atoms with Gasteiger partial charge in [-0.2, -0.15) is 13.2 Å². The number of hydrogen-bond donors (Lipinski definition) is 1. The van der Waals surface area contributed by atoms with E-state index in [0.29, 0.717) is 21.5 Å². The van der Waals surface area contributed by atoms with Gasteiger partial charge in [0.2, 0.25) is 5.82 Å². The van der Waals surface area contributed by atoms with Gasteiger partial charge in [-0.1, -0.05) is 23.2 Å². The Balaban J connectivity index is 1.95. The summed E-state index contributed by atoms with van der Waals surface area (Å²) in [7, 11) is 0. The molecule has 0 unspecified atom stereocenters. The molecule has 0 radical (unpaired) electrons. The SMILES string of the molecule is FC(F)(F)c1nc2cc(Oc3ccc(Cl)cc3Cl)ccc2[nH]1. The zero-order chi connectivity index (χ0) is 15.9. The Morgan fingerprint density at radius 2 is 1.82 bits per heavy atom. The molecule has 8 heteroatoms. The van der Waals surface area contributed by atoms with E-state index < -0.39 is 12.0 Å². The maximum Gasteiger partial charge on any atom is 0.449 e. The van der Waals surface area contributed by atoms with Crippen molar-refractivity contribution in [2.75, 3.05) is 0 Å². The van der Waals surface area contributed by atoms with Gasteiger partial charge in [0.15, 0.2) is 0 Å². The highest BCUT2D eigenvalue weighted by molar-refractivity contribution is 6.35. The Kier molecular flexibility index (Phi) is 3.66. The second-order valence-electron chi connectivity index (χ2n) is 4.44. The summed E-state index contributed by atoms with van der Waals surface area (Å²) in [5.41, 5.74) is 0.414. The molecule has 0 atom stereocenters. The molecule has 0 fully saturated rings. The number of aromatic nitrogens is 2. The Labute approximate surface area is 132 Å². The summed E-state index contributed by atoms with van der Waals surface area (Å²) in [5, 5.41) is 0.750. The van der Waals surface area contributed by atoms with Crippen LogP contribution in [0.1, 0.15) is 5.82 Å². The highest BCUT2D eigenvalue weighted by Crippen LogP contribution is 2.33. The smallest absolute Gasteiger partial charge is 0.449 e. The van der Waals surface area contributed by atoms with E-state index in [1.165, 1.54) is 24.3 Å². The first-order chi connectivity index (χ1) is 10.3. The Morgan fingerprint density at radius 1 is 1.05 bits per heavy atom. The fourth-order valence-corrected chi connectivity index (χ4v) is 2.32. The van der Waals surface area contributed by atoms with Crippen LogP contribution in [0.2, 0.25) is 10.0 Å². The zero-order valence-electron chi connectivity index (χ0n) is 10.7. The van der Waals surface area contributed by atoms with Crippen LogP contribution in [0.5, 0.6) is 11.5 Å². The molecule has 2 aromatic carbocycles. The topological polar surface area (TPSA) is 37.9 Å². The number of aromatic amines is 1. The largest absolute Gasteiger partial charge is 0.456 e. The molecule has 0 saturated heterocycles. The van der Waals surface area contributed by atoms with Crippen LogP contribution >= 0.6 is 23.2 Å². The number of hydrogen-bond acceptors (Lipinski definition) is 2. The average Bonchev–Trinajstić information content (AvgIpc) is 2.85. The molecule has 3 rings (SSSR count). The third kappa shape index (κ3) is 2.98. The Hall–Kier alpha value is -1.92. The van der Waals surface area contributed by atoms with Gasteiger partial charge >= 0.3 is 6.18 Å². The average molecular weight is 347 g/mol. The zero-order valence-corrected chi connectivity index (χ0v) is 12.2. The number of benzene rings is 2. The van der Waals surface area contributed by atoms with Crippen LogP contribution in [0.25, 0.3) is 11.0 Å². The molecule has 3 aromatic rings. The fraction of sp³-hybridized carbons (Fsp3) is 0.0714. The van der Waals surface area contributed by atoms with Crippen molar-refractivity contribution in [2.45, 2.75) is 6.18 Å². The molecule has 0 saturated carbocycles. The van der Waals surface area contributed by atoms with Crippen LogP contribution in [-0.4, -0.2) is 9.97 Å². The lowest BCUT2D eigenvalue weighted by atomic mass is 10.3. The molecule has 0 aliphatic rings. The van der Waals surface area contributed by atoms with Crippen LogP contribution in [0.4, 0.5) is 13.2 Å². The van der Waals surface area contributed by atoms with Crippen molar-refractivity contribution in [3.8, 4) is 11.5 Å². The van der Waals surface area contributed by atoms with Crippen molar-refractivity contribution in [1.82, 2.24) is 9.97 Å². The quantitative estimate of drug-likeness (QED) is 0.648. The minimum absolute atomic E-state index is 0.148. The standard InChI is InChI=1S/C14H7Cl2F3N2O/c15-7-1-4-12(9(16)5-7)22-8-2-3-10-11(6-8)21-13(20-10)14(17,18)19/h1-6H,(H,20,21). The molecular formula is C14H7Cl2F3N2O. The first-order valence-corrected chi connectivity index (χ1v) is 6.78. The highest BCUT2D eigenvalue weighted by atomic mass is 35.5. The summed E-state index contributed by atoms with van der Waals surface area (Å²) in [6, 6.07) is 9.04. The van der Waals surface area contributed by atoms with Crippen LogP contribution in [0, 0.1) is 0 Å². The number of alkyl halides is 3. The van der Waals surface area contributed by atoms with Crippen molar-refractivity contribution in [3.05, 3.63) is 52.3 Å².